The van der Waals surface area contributed by atoms with Gasteiger partial charge in [-0.15, -0.1) is 0 Å². The van der Waals surface area contributed by atoms with Crippen molar-refractivity contribution < 1.29 is 4.39 Å². The molecule has 0 saturated heterocycles. The number of hydrogen-bond donors (Lipinski definition) is 1. The molecule has 18 heavy (non-hydrogen) atoms. The fourth-order valence-electron chi connectivity index (χ4n) is 3.14. The van der Waals surface area contributed by atoms with Gasteiger partial charge < -0.3 is 10.6 Å². The average Bonchev–Trinajstić information content (AvgIpc) is 2.82. The third-order valence-electron chi connectivity index (χ3n) is 4.49. The lowest BCUT2D eigenvalue weighted by atomic mass is 9.83. The van der Waals surface area contributed by atoms with Gasteiger partial charge in [-0.1, -0.05) is 25.0 Å². The quantitative estimate of drug-likeness (QED) is 0.893. The predicted molar refractivity (Wildman–Crippen MR) is 73.0 cm³/mol. The normalized spacial score (nSPS) is 20.3. The zero-order valence-electron chi connectivity index (χ0n) is 11.5. The highest BCUT2D eigenvalue weighted by Crippen LogP contribution is 2.42. The number of likely N-dealkylation sites (N-methyl/N-ethyl adjacent to an activating group) is 1. The Morgan fingerprint density at radius 2 is 1.89 bits per heavy atom. The van der Waals surface area contributed by atoms with Crippen LogP contribution in [0.2, 0.25) is 0 Å². The van der Waals surface area contributed by atoms with Crippen LogP contribution in [0.15, 0.2) is 18.2 Å². The van der Waals surface area contributed by atoms with Crippen molar-refractivity contribution in [2.75, 3.05) is 14.1 Å². The first-order valence-electron chi connectivity index (χ1n) is 6.66. The zero-order chi connectivity index (χ0) is 13.3. The van der Waals surface area contributed by atoms with E-state index in [-0.39, 0.29) is 17.4 Å². The molecule has 1 unspecified atom stereocenters. The van der Waals surface area contributed by atoms with Crippen LogP contribution in [0.1, 0.15) is 42.9 Å². The Balaban J connectivity index is 2.33. The summed E-state index contributed by atoms with van der Waals surface area (Å²) in [6.45, 7) is 1.78. The summed E-state index contributed by atoms with van der Waals surface area (Å²) >= 11 is 0. The van der Waals surface area contributed by atoms with Crippen molar-refractivity contribution in [2.45, 2.75) is 44.2 Å². The molecule has 1 aliphatic rings. The molecule has 0 aromatic heterocycles. The molecule has 2 nitrogen and oxygen atoms in total. The van der Waals surface area contributed by atoms with Crippen LogP contribution < -0.4 is 5.73 Å². The van der Waals surface area contributed by atoms with Crippen LogP contribution in [-0.4, -0.2) is 24.5 Å². The first-order chi connectivity index (χ1) is 8.47. The van der Waals surface area contributed by atoms with E-state index in [0.29, 0.717) is 5.56 Å². The van der Waals surface area contributed by atoms with Gasteiger partial charge in [0.2, 0.25) is 0 Å². The molecule has 2 rings (SSSR count). The lowest BCUT2D eigenvalue weighted by Crippen LogP contribution is -2.50. The van der Waals surface area contributed by atoms with Crippen LogP contribution in [0.25, 0.3) is 0 Å². The number of halogens is 1. The highest BCUT2D eigenvalue weighted by Gasteiger charge is 2.42. The number of hydrogen-bond acceptors (Lipinski definition) is 2. The number of nitrogens with zero attached hydrogens (tertiary/aromatic N) is 1. The first kappa shape index (κ1) is 13.5. The number of rotatable bonds is 3. The summed E-state index contributed by atoms with van der Waals surface area (Å²) in [5, 5.41) is 0. The second-order valence-electron chi connectivity index (χ2n) is 5.69. The van der Waals surface area contributed by atoms with E-state index in [9.17, 15) is 4.39 Å². The highest BCUT2D eigenvalue weighted by atomic mass is 19.1. The van der Waals surface area contributed by atoms with Gasteiger partial charge in [-0.2, -0.15) is 0 Å². The molecule has 1 aliphatic carbocycles. The molecule has 0 bridgehead atoms. The molecule has 100 valence electrons. The summed E-state index contributed by atoms with van der Waals surface area (Å²) in [4.78, 5) is 2.22. The van der Waals surface area contributed by atoms with E-state index < -0.39 is 0 Å². The van der Waals surface area contributed by atoms with Crippen LogP contribution in [0, 0.1) is 12.7 Å². The van der Waals surface area contributed by atoms with E-state index >= 15 is 0 Å². The largest absolute Gasteiger partial charge is 0.322 e. The molecule has 1 saturated carbocycles. The Kier molecular flexibility index (Phi) is 3.74. The van der Waals surface area contributed by atoms with Crippen LogP contribution in [0.3, 0.4) is 0 Å². The smallest absolute Gasteiger partial charge is 0.126 e. The monoisotopic (exact) mass is 250 g/mol. The zero-order valence-corrected chi connectivity index (χ0v) is 11.5. The van der Waals surface area contributed by atoms with Crippen molar-refractivity contribution in [3.8, 4) is 0 Å². The van der Waals surface area contributed by atoms with Gasteiger partial charge in [-0.3, -0.25) is 0 Å². The minimum atomic E-state index is -0.158. The standard InChI is InChI=1S/C15H23FN2/c1-11-6-7-12(10-13(11)16)14(17)15(18(2)3)8-4-5-9-15/h6-7,10,14H,4-5,8-9,17H2,1-3H3. The topological polar surface area (TPSA) is 29.3 Å². The molecule has 0 spiro atoms. The first-order valence-corrected chi connectivity index (χ1v) is 6.66. The minimum absolute atomic E-state index is 0.0122. The lowest BCUT2D eigenvalue weighted by Gasteiger charge is -2.41. The Hall–Kier alpha value is -0.930. The Morgan fingerprint density at radius 3 is 2.39 bits per heavy atom. The summed E-state index contributed by atoms with van der Waals surface area (Å²) in [5.74, 6) is -0.158. The van der Waals surface area contributed by atoms with Crippen LogP contribution in [-0.2, 0) is 0 Å². The van der Waals surface area contributed by atoms with E-state index in [1.54, 1.807) is 13.0 Å². The Labute approximate surface area is 109 Å². The lowest BCUT2D eigenvalue weighted by molar-refractivity contribution is 0.123. The molecule has 0 radical (unpaired) electrons. The molecule has 1 fully saturated rings. The molecular formula is C15H23FN2. The molecule has 3 heteroatoms. The summed E-state index contributed by atoms with van der Waals surface area (Å²) in [5.41, 5.74) is 8.02. The molecule has 1 aromatic carbocycles. The predicted octanol–water partition coefficient (Wildman–Crippen LogP) is 3.01. The maximum atomic E-state index is 13.7. The molecular weight excluding hydrogens is 227 g/mol. The van der Waals surface area contributed by atoms with E-state index in [1.807, 2.05) is 12.1 Å². The molecule has 0 heterocycles. The van der Waals surface area contributed by atoms with Crippen molar-refractivity contribution in [1.29, 1.82) is 0 Å². The third kappa shape index (κ3) is 2.17. The molecule has 0 amide bonds. The van der Waals surface area contributed by atoms with Crippen molar-refractivity contribution in [2.24, 2.45) is 5.73 Å². The fourth-order valence-corrected chi connectivity index (χ4v) is 3.14. The van der Waals surface area contributed by atoms with Crippen LogP contribution in [0.5, 0.6) is 0 Å². The number of aryl methyl sites for hydroxylation is 1. The fraction of sp³-hybridized carbons (Fsp3) is 0.600. The molecule has 1 aromatic rings. The summed E-state index contributed by atoms with van der Waals surface area (Å²) in [6.07, 6.45) is 4.60. The molecule has 2 N–H and O–H groups in total. The minimum Gasteiger partial charge on any atom is -0.322 e. The van der Waals surface area contributed by atoms with Gasteiger partial charge in [0, 0.05) is 11.6 Å². The van der Waals surface area contributed by atoms with E-state index in [1.165, 1.54) is 12.8 Å². The summed E-state index contributed by atoms with van der Waals surface area (Å²) in [6, 6.07) is 5.27. The van der Waals surface area contributed by atoms with Gasteiger partial charge in [-0.25, -0.2) is 4.39 Å². The number of benzene rings is 1. The van der Waals surface area contributed by atoms with Gasteiger partial charge >= 0.3 is 0 Å². The van der Waals surface area contributed by atoms with Crippen molar-refractivity contribution in [1.82, 2.24) is 4.90 Å². The van der Waals surface area contributed by atoms with Gasteiger partial charge in [0.1, 0.15) is 5.82 Å². The maximum Gasteiger partial charge on any atom is 0.126 e. The third-order valence-corrected chi connectivity index (χ3v) is 4.49. The summed E-state index contributed by atoms with van der Waals surface area (Å²) in [7, 11) is 4.16. The average molecular weight is 250 g/mol. The van der Waals surface area contributed by atoms with Crippen molar-refractivity contribution in [3.63, 3.8) is 0 Å². The second kappa shape index (κ2) is 4.98. The highest BCUT2D eigenvalue weighted by molar-refractivity contribution is 5.28. The SMILES string of the molecule is Cc1ccc(C(N)C2(N(C)C)CCCC2)cc1F. The van der Waals surface area contributed by atoms with Crippen molar-refractivity contribution in [3.05, 3.63) is 35.1 Å². The summed E-state index contributed by atoms with van der Waals surface area (Å²) < 4.78 is 13.7. The number of nitrogens with two attached hydrogens (primary N) is 1. The van der Waals surface area contributed by atoms with Crippen LogP contribution >= 0.6 is 0 Å². The van der Waals surface area contributed by atoms with E-state index in [2.05, 4.69) is 19.0 Å². The molecule has 0 aliphatic heterocycles. The second-order valence-corrected chi connectivity index (χ2v) is 5.69. The van der Waals surface area contributed by atoms with Crippen LogP contribution in [0.4, 0.5) is 4.39 Å². The molecule has 1 atom stereocenters. The van der Waals surface area contributed by atoms with Gasteiger partial charge in [-0.05, 0) is 51.1 Å². The van der Waals surface area contributed by atoms with E-state index in [0.717, 1.165) is 18.4 Å². The van der Waals surface area contributed by atoms with Gasteiger partial charge in [0.05, 0.1) is 0 Å². The maximum absolute atomic E-state index is 13.7. The Bertz CT molecular complexity index is 423. The van der Waals surface area contributed by atoms with E-state index in [4.69, 9.17) is 5.73 Å². The van der Waals surface area contributed by atoms with Gasteiger partial charge in [0.25, 0.3) is 0 Å². The van der Waals surface area contributed by atoms with Gasteiger partial charge in [0.15, 0.2) is 0 Å². The van der Waals surface area contributed by atoms with Crippen molar-refractivity contribution >= 4 is 0 Å². The Morgan fingerprint density at radius 1 is 1.28 bits per heavy atom.